The van der Waals surface area contributed by atoms with Gasteiger partial charge in [0.25, 0.3) is 0 Å². The lowest BCUT2D eigenvalue weighted by molar-refractivity contribution is -0.148. The Bertz CT molecular complexity index is 447. The van der Waals surface area contributed by atoms with Gasteiger partial charge in [0.1, 0.15) is 5.54 Å². The first-order chi connectivity index (χ1) is 8.25. The number of hydrogen-bond acceptors (Lipinski definition) is 2. The summed E-state index contributed by atoms with van der Waals surface area (Å²) in [5.41, 5.74) is -0.347. The second-order valence-corrected chi connectivity index (χ2v) is 4.78. The van der Waals surface area contributed by atoms with Crippen molar-refractivity contribution in [2.45, 2.75) is 25.8 Å². The summed E-state index contributed by atoms with van der Waals surface area (Å²) in [4.78, 5) is 12.7. The molecule has 1 aromatic rings. The quantitative estimate of drug-likeness (QED) is 0.880. The van der Waals surface area contributed by atoms with Crippen LogP contribution in [0.25, 0.3) is 0 Å². The van der Waals surface area contributed by atoms with E-state index in [1.54, 1.807) is 25.8 Å². The van der Waals surface area contributed by atoms with Gasteiger partial charge in [-0.3, -0.25) is 9.69 Å². The van der Waals surface area contributed by atoms with Gasteiger partial charge in [-0.15, -0.1) is 0 Å². The fourth-order valence-corrected chi connectivity index (χ4v) is 1.43. The van der Waals surface area contributed by atoms with E-state index in [1.807, 2.05) is 0 Å². The van der Waals surface area contributed by atoms with Crippen molar-refractivity contribution in [3.8, 4) is 0 Å². The van der Waals surface area contributed by atoms with Gasteiger partial charge in [-0.2, -0.15) is 0 Å². The summed E-state index contributed by atoms with van der Waals surface area (Å²) in [6.07, 6.45) is 0.463. The molecule has 1 rings (SSSR count). The van der Waals surface area contributed by atoms with Crippen molar-refractivity contribution < 1.29 is 18.7 Å². The predicted octanol–water partition coefficient (Wildman–Crippen LogP) is 2.30. The summed E-state index contributed by atoms with van der Waals surface area (Å²) < 4.78 is 25.7. The SMILES string of the molecule is CN(CCc1ccc(F)c(F)c1)C(C)(C)C(=O)O. The molecule has 0 aromatic heterocycles. The van der Waals surface area contributed by atoms with E-state index in [9.17, 15) is 13.6 Å². The van der Waals surface area contributed by atoms with Crippen LogP contribution in [0.5, 0.6) is 0 Å². The number of hydrogen-bond donors (Lipinski definition) is 1. The molecule has 0 aliphatic carbocycles. The minimum Gasteiger partial charge on any atom is -0.480 e. The van der Waals surface area contributed by atoms with Gasteiger partial charge >= 0.3 is 5.97 Å². The number of aliphatic carboxylic acids is 1. The van der Waals surface area contributed by atoms with E-state index in [1.165, 1.54) is 6.07 Å². The van der Waals surface area contributed by atoms with Crippen LogP contribution in [-0.4, -0.2) is 35.1 Å². The molecular formula is C13H17F2NO2. The number of benzene rings is 1. The molecule has 1 aromatic carbocycles. The Morgan fingerprint density at radius 3 is 2.44 bits per heavy atom. The molecule has 1 N–H and O–H groups in total. The summed E-state index contributed by atoms with van der Waals surface area (Å²) in [6, 6.07) is 3.71. The first-order valence-electron chi connectivity index (χ1n) is 5.63. The zero-order valence-corrected chi connectivity index (χ0v) is 10.7. The van der Waals surface area contributed by atoms with Gasteiger partial charge < -0.3 is 5.11 Å². The van der Waals surface area contributed by atoms with Crippen LogP contribution >= 0.6 is 0 Å². The Hall–Kier alpha value is -1.49. The molecule has 3 nitrogen and oxygen atoms in total. The highest BCUT2D eigenvalue weighted by Crippen LogP contribution is 2.14. The Morgan fingerprint density at radius 1 is 1.33 bits per heavy atom. The molecule has 0 atom stereocenters. The van der Waals surface area contributed by atoms with Crippen LogP contribution in [0, 0.1) is 11.6 Å². The van der Waals surface area contributed by atoms with Crippen LogP contribution in [0.15, 0.2) is 18.2 Å². The molecule has 0 spiro atoms. The van der Waals surface area contributed by atoms with E-state index in [0.29, 0.717) is 18.5 Å². The number of nitrogens with zero attached hydrogens (tertiary/aromatic N) is 1. The zero-order valence-electron chi connectivity index (χ0n) is 10.7. The third-order valence-corrected chi connectivity index (χ3v) is 3.20. The van der Waals surface area contributed by atoms with Crippen molar-refractivity contribution in [1.29, 1.82) is 0 Å². The standard InChI is InChI=1S/C13H17F2NO2/c1-13(2,12(17)18)16(3)7-6-9-4-5-10(14)11(15)8-9/h4-5,8H,6-7H2,1-3H3,(H,17,18). The number of carboxylic acid groups (broad SMARTS) is 1. The van der Waals surface area contributed by atoms with E-state index in [-0.39, 0.29) is 0 Å². The molecule has 0 heterocycles. The zero-order chi connectivity index (χ0) is 13.9. The van der Waals surface area contributed by atoms with Crippen LogP contribution in [0.3, 0.4) is 0 Å². The van der Waals surface area contributed by atoms with E-state index in [4.69, 9.17) is 5.11 Å². The molecule has 18 heavy (non-hydrogen) atoms. The van der Waals surface area contributed by atoms with E-state index in [0.717, 1.165) is 12.1 Å². The topological polar surface area (TPSA) is 40.5 Å². The highest BCUT2D eigenvalue weighted by molar-refractivity contribution is 5.77. The smallest absolute Gasteiger partial charge is 0.323 e. The van der Waals surface area contributed by atoms with Gasteiger partial charge in [-0.25, -0.2) is 8.78 Å². The average molecular weight is 257 g/mol. The number of carboxylic acids is 1. The van der Waals surface area contributed by atoms with Gasteiger partial charge in [0, 0.05) is 6.54 Å². The summed E-state index contributed by atoms with van der Waals surface area (Å²) in [5, 5.41) is 9.04. The highest BCUT2D eigenvalue weighted by Gasteiger charge is 2.31. The lowest BCUT2D eigenvalue weighted by Crippen LogP contribution is -2.48. The van der Waals surface area contributed by atoms with Crippen molar-refractivity contribution in [3.05, 3.63) is 35.4 Å². The van der Waals surface area contributed by atoms with Crippen LogP contribution in [0.1, 0.15) is 19.4 Å². The molecule has 0 saturated carbocycles. The van der Waals surface area contributed by atoms with Gasteiger partial charge in [0.15, 0.2) is 11.6 Å². The van der Waals surface area contributed by atoms with Crippen molar-refractivity contribution in [2.75, 3.05) is 13.6 Å². The molecule has 0 saturated heterocycles. The Morgan fingerprint density at radius 2 is 1.94 bits per heavy atom. The van der Waals surface area contributed by atoms with Crippen molar-refractivity contribution >= 4 is 5.97 Å². The lowest BCUT2D eigenvalue weighted by atomic mass is 10.0. The summed E-state index contributed by atoms with van der Waals surface area (Å²) in [5.74, 6) is -2.68. The van der Waals surface area contributed by atoms with E-state index in [2.05, 4.69) is 0 Å². The van der Waals surface area contributed by atoms with Gasteiger partial charge in [0.2, 0.25) is 0 Å². The van der Waals surface area contributed by atoms with Crippen molar-refractivity contribution in [2.24, 2.45) is 0 Å². The maximum atomic E-state index is 13.0. The Balaban J connectivity index is 2.65. The second-order valence-electron chi connectivity index (χ2n) is 4.78. The largest absolute Gasteiger partial charge is 0.480 e. The highest BCUT2D eigenvalue weighted by atomic mass is 19.2. The van der Waals surface area contributed by atoms with E-state index >= 15 is 0 Å². The monoisotopic (exact) mass is 257 g/mol. The van der Waals surface area contributed by atoms with Crippen molar-refractivity contribution in [3.63, 3.8) is 0 Å². The molecule has 0 unspecified atom stereocenters. The van der Waals surface area contributed by atoms with Gasteiger partial charge in [-0.1, -0.05) is 6.07 Å². The number of carbonyl (C=O) groups is 1. The minimum absolute atomic E-state index is 0.449. The summed E-state index contributed by atoms with van der Waals surface area (Å²) in [7, 11) is 1.69. The van der Waals surface area contributed by atoms with Crippen LogP contribution < -0.4 is 0 Å². The fraction of sp³-hybridized carbons (Fsp3) is 0.462. The van der Waals surface area contributed by atoms with Crippen LogP contribution in [0.4, 0.5) is 8.78 Å². The molecule has 0 amide bonds. The molecule has 0 fully saturated rings. The number of halogens is 2. The summed E-state index contributed by atoms with van der Waals surface area (Å²) in [6.45, 7) is 3.64. The third kappa shape index (κ3) is 3.26. The van der Waals surface area contributed by atoms with Gasteiger partial charge in [0.05, 0.1) is 0 Å². The van der Waals surface area contributed by atoms with Crippen LogP contribution in [0.2, 0.25) is 0 Å². The molecular weight excluding hydrogens is 240 g/mol. The maximum Gasteiger partial charge on any atom is 0.323 e. The fourth-order valence-electron chi connectivity index (χ4n) is 1.43. The average Bonchev–Trinajstić information content (AvgIpc) is 2.30. The molecule has 0 aliphatic heterocycles. The molecule has 0 radical (unpaired) electrons. The second kappa shape index (κ2) is 5.44. The third-order valence-electron chi connectivity index (χ3n) is 3.20. The predicted molar refractivity (Wildman–Crippen MR) is 64.4 cm³/mol. The first-order valence-corrected chi connectivity index (χ1v) is 5.63. The van der Waals surface area contributed by atoms with Crippen molar-refractivity contribution in [1.82, 2.24) is 4.90 Å². The Labute approximate surface area is 105 Å². The lowest BCUT2D eigenvalue weighted by Gasteiger charge is -2.31. The minimum atomic E-state index is -0.988. The normalized spacial score (nSPS) is 11.9. The summed E-state index contributed by atoms with van der Waals surface area (Å²) >= 11 is 0. The van der Waals surface area contributed by atoms with Crippen LogP contribution in [-0.2, 0) is 11.2 Å². The molecule has 0 bridgehead atoms. The maximum absolute atomic E-state index is 13.0. The first kappa shape index (κ1) is 14.6. The molecule has 5 heteroatoms. The van der Waals surface area contributed by atoms with Gasteiger partial charge in [-0.05, 0) is 45.0 Å². The molecule has 100 valence electrons. The number of likely N-dealkylation sites (N-methyl/N-ethyl adjacent to an activating group) is 1. The Kier molecular flexibility index (Phi) is 4.40. The molecule has 0 aliphatic rings. The number of rotatable bonds is 5. The van der Waals surface area contributed by atoms with E-state index < -0.39 is 23.1 Å².